The van der Waals surface area contributed by atoms with Gasteiger partial charge in [-0.2, -0.15) is 8.78 Å². The smallest absolute Gasteiger partial charge is 0.410 e. The Balaban J connectivity index is 1.41. The number of benzene rings is 2. The minimum Gasteiger partial charge on any atom is -0.467 e. The van der Waals surface area contributed by atoms with E-state index < -0.39 is 41.6 Å². The summed E-state index contributed by atoms with van der Waals surface area (Å²) in [5.41, 5.74) is -0.126. The van der Waals surface area contributed by atoms with Crippen LogP contribution in [0.3, 0.4) is 0 Å². The van der Waals surface area contributed by atoms with Crippen LogP contribution in [0.5, 0.6) is 5.75 Å². The fourth-order valence-corrected chi connectivity index (χ4v) is 7.54. The molecule has 1 amide bonds. The summed E-state index contributed by atoms with van der Waals surface area (Å²) < 4.78 is 60.5. The molecule has 4 unspecified atom stereocenters. The average molecular weight is 734 g/mol. The lowest BCUT2D eigenvalue weighted by molar-refractivity contribution is -0.144. The van der Waals surface area contributed by atoms with Gasteiger partial charge in [0.1, 0.15) is 23.1 Å². The van der Waals surface area contributed by atoms with E-state index in [0.717, 1.165) is 23.6 Å². The number of hydrogen-bond acceptors (Lipinski definition) is 11. The predicted octanol–water partition coefficient (Wildman–Crippen LogP) is 6.42. The maximum Gasteiger partial charge on any atom is 0.410 e. The molecule has 2 saturated heterocycles. The first kappa shape index (κ1) is 36.8. The molecule has 3 fully saturated rings. The molecule has 4 atom stereocenters. The molecule has 2 aromatic heterocycles. The third-order valence-electron chi connectivity index (χ3n) is 10.2. The highest BCUT2D eigenvalue weighted by molar-refractivity contribution is 5.99. The van der Waals surface area contributed by atoms with Gasteiger partial charge in [0.2, 0.25) is 5.82 Å². The molecule has 3 aliphatic rings. The normalized spacial score (nSPS) is 21.9. The summed E-state index contributed by atoms with van der Waals surface area (Å²) in [6, 6.07) is 10.3. The third kappa shape index (κ3) is 7.24. The SMILES string of the molecule is CCc1nc(F)c(F)c2nc(-c3c(OCOC)ccc4ccccc34)nc(C3CC4CNC(OCC5(COC(C)=O)CC5)C3N4C(=O)OC(C)(C)C)c12. The van der Waals surface area contributed by atoms with Crippen molar-refractivity contribution >= 4 is 33.7 Å². The van der Waals surface area contributed by atoms with Crippen LogP contribution in [-0.2, 0) is 30.2 Å². The van der Waals surface area contributed by atoms with Crippen molar-refractivity contribution in [2.75, 3.05) is 33.7 Å². The van der Waals surface area contributed by atoms with Gasteiger partial charge in [0.25, 0.3) is 5.95 Å². The van der Waals surface area contributed by atoms with Crippen molar-refractivity contribution in [1.82, 2.24) is 25.2 Å². The topological polar surface area (TPSA) is 134 Å². The van der Waals surface area contributed by atoms with Gasteiger partial charge in [0.05, 0.1) is 36.2 Å². The van der Waals surface area contributed by atoms with E-state index in [4.69, 9.17) is 33.7 Å². The number of piperazine rings is 1. The van der Waals surface area contributed by atoms with Gasteiger partial charge in [-0.1, -0.05) is 37.3 Å². The largest absolute Gasteiger partial charge is 0.467 e. The van der Waals surface area contributed by atoms with Gasteiger partial charge in [-0.05, 0) is 63.3 Å². The maximum absolute atomic E-state index is 16.1. The Morgan fingerprint density at radius 1 is 1.06 bits per heavy atom. The molecule has 7 rings (SSSR count). The number of nitrogens with one attached hydrogen (secondary N) is 1. The Bertz CT molecular complexity index is 2050. The molecule has 282 valence electrons. The van der Waals surface area contributed by atoms with Crippen molar-refractivity contribution < 1.29 is 42.1 Å². The molecule has 12 nitrogen and oxygen atoms in total. The van der Waals surface area contributed by atoms with Crippen LogP contribution in [0.4, 0.5) is 13.6 Å². The van der Waals surface area contributed by atoms with Gasteiger partial charge >= 0.3 is 12.1 Å². The second-order valence-corrected chi connectivity index (χ2v) is 15.2. The molecule has 2 aromatic carbocycles. The lowest BCUT2D eigenvalue weighted by atomic mass is 9.90. The van der Waals surface area contributed by atoms with Crippen molar-refractivity contribution in [1.29, 1.82) is 0 Å². The molecule has 1 N–H and O–H groups in total. The number of hydrogen-bond donors (Lipinski definition) is 1. The van der Waals surface area contributed by atoms with Crippen LogP contribution in [0.25, 0.3) is 33.1 Å². The monoisotopic (exact) mass is 733 g/mol. The van der Waals surface area contributed by atoms with E-state index in [-0.39, 0.29) is 55.2 Å². The van der Waals surface area contributed by atoms with E-state index in [1.54, 1.807) is 31.7 Å². The Labute approximate surface area is 306 Å². The summed E-state index contributed by atoms with van der Waals surface area (Å²) in [6.45, 7) is 9.44. The molecule has 1 aliphatic carbocycles. The minimum atomic E-state index is -1.26. The van der Waals surface area contributed by atoms with E-state index >= 15 is 8.78 Å². The lowest BCUT2D eigenvalue weighted by Gasteiger charge is -2.42. The van der Waals surface area contributed by atoms with E-state index in [1.807, 2.05) is 37.3 Å². The van der Waals surface area contributed by atoms with Crippen LogP contribution in [0.2, 0.25) is 0 Å². The van der Waals surface area contributed by atoms with Crippen LogP contribution >= 0.6 is 0 Å². The maximum atomic E-state index is 16.1. The highest BCUT2D eigenvalue weighted by Crippen LogP contribution is 2.49. The summed E-state index contributed by atoms with van der Waals surface area (Å²) in [5.74, 6) is -2.85. The number of methoxy groups -OCH3 is 1. The Morgan fingerprint density at radius 2 is 1.83 bits per heavy atom. The molecule has 1 saturated carbocycles. The quantitative estimate of drug-likeness (QED) is 0.104. The molecule has 4 aromatic rings. The Morgan fingerprint density at radius 3 is 2.53 bits per heavy atom. The fraction of sp³-hybridized carbons (Fsp3) is 0.513. The number of esters is 1. The van der Waals surface area contributed by atoms with Crippen LogP contribution in [0.15, 0.2) is 36.4 Å². The van der Waals surface area contributed by atoms with E-state index in [0.29, 0.717) is 41.1 Å². The van der Waals surface area contributed by atoms with Crippen LogP contribution in [0, 0.1) is 17.2 Å². The predicted molar refractivity (Wildman–Crippen MR) is 191 cm³/mol. The summed E-state index contributed by atoms with van der Waals surface area (Å²) in [5, 5.41) is 5.38. The van der Waals surface area contributed by atoms with Gasteiger partial charge in [-0.25, -0.2) is 19.7 Å². The standard InChI is InChI=1S/C39H45F2N5O7/c1-7-26-29-31(44-35(45-32(29)30(40)34(41)43-26)28-24-11-9-8-10-22(24)12-13-27(28)52-20-49-6)25-16-23-17-42-36(33(25)46(23)37(48)53-38(3,4)5)51-19-39(14-15-39)18-50-21(2)47/h8-13,23,25,33,36,42H,7,14-20H2,1-6H3. The molecular weight excluding hydrogens is 688 g/mol. The zero-order chi connectivity index (χ0) is 37.7. The summed E-state index contributed by atoms with van der Waals surface area (Å²) in [6.07, 6.45) is 1.14. The van der Waals surface area contributed by atoms with Crippen molar-refractivity contribution in [3.8, 4) is 17.1 Å². The molecular formula is C39H45F2N5O7. The minimum absolute atomic E-state index is 0.0699. The second-order valence-electron chi connectivity index (χ2n) is 15.2. The number of rotatable bonds is 11. The number of amides is 1. The number of carbonyl (C=O) groups excluding carboxylic acids is 2. The zero-order valence-electron chi connectivity index (χ0n) is 30.8. The highest BCUT2D eigenvalue weighted by atomic mass is 19.2. The number of aromatic nitrogens is 3. The molecule has 2 bridgehead atoms. The van der Waals surface area contributed by atoms with E-state index in [9.17, 15) is 9.59 Å². The molecule has 53 heavy (non-hydrogen) atoms. The van der Waals surface area contributed by atoms with Crippen molar-refractivity contribution in [2.24, 2.45) is 5.41 Å². The number of aryl methyl sites for hydroxylation is 1. The summed E-state index contributed by atoms with van der Waals surface area (Å²) in [7, 11) is 1.51. The zero-order valence-corrected chi connectivity index (χ0v) is 30.8. The molecule has 14 heteroatoms. The third-order valence-corrected chi connectivity index (χ3v) is 10.2. The first-order valence-electron chi connectivity index (χ1n) is 18.0. The Kier molecular flexibility index (Phi) is 9.98. The summed E-state index contributed by atoms with van der Waals surface area (Å²) >= 11 is 0. The Hall–Kier alpha value is -4.53. The average Bonchev–Trinajstić information content (AvgIpc) is 3.85. The van der Waals surface area contributed by atoms with Crippen molar-refractivity contribution in [3.05, 3.63) is 59.6 Å². The van der Waals surface area contributed by atoms with Gasteiger partial charge in [-0.15, -0.1) is 0 Å². The van der Waals surface area contributed by atoms with Gasteiger partial charge in [0, 0.05) is 43.3 Å². The van der Waals surface area contributed by atoms with Crippen LogP contribution < -0.4 is 10.1 Å². The fourth-order valence-electron chi connectivity index (χ4n) is 7.54. The van der Waals surface area contributed by atoms with Gasteiger partial charge < -0.3 is 23.7 Å². The number of nitrogens with zero attached hydrogens (tertiary/aromatic N) is 4. The molecule has 0 radical (unpaired) electrons. The van der Waals surface area contributed by atoms with E-state index in [1.165, 1.54) is 14.0 Å². The first-order chi connectivity index (χ1) is 25.3. The molecule has 4 heterocycles. The number of pyridine rings is 1. The highest BCUT2D eigenvalue weighted by Gasteiger charge is 2.55. The summed E-state index contributed by atoms with van der Waals surface area (Å²) in [4.78, 5) is 41.3. The first-order valence-corrected chi connectivity index (χ1v) is 18.0. The number of fused-ring (bicyclic) bond motifs is 4. The van der Waals surface area contributed by atoms with E-state index in [2.05, 4.69) is 10.3 Å². The van der Waals surface area contributed by atoms with Crippen molar-refractivity contribution in [2.45, 2.75) is 90.1 Å². The molecule has 2 aliphatic heterocycles. The van der Waals surface area contributed by atoms with Crippen LogP contribution in [0.1, 0.15) is 71.2 Å². The number of ether oxygens (including phenoxy) is 5. The van der Waals surface area contributed by atoms with Crippen molar-refractivity contribution in [3.63, 3.8) is 0 Å². The van der Waals surface area contributed by atoms with Crippen LogP contribution in [-0.4, -0.2) is 89.5 Å². The van der Waals surface area contributed by atoms with Gasteiger partial charge in [0.15, 0.2) is 12.6 Å². The second kappa shape index (κ2) is 14.4. The number of halogens is 2. The lowest BCUT2D eigenvalue weighted by Crippen LogP contribution is -2.62. The molecule has 0 spiro atoms. The van der Waals surface area contributed by atoms with Gasteiger partial charge in [-0.3, -0.25) is 15.0 Å². The number of carbonyl (C=O) groups is 2.